The van der Waals surface area contributed by atoms with Gasteiger partial charge in [-0.2, -0.15) is 13.5 Å². The van der Waals surface area contributed by atoms with Crippen molar-refractivity contribution in [2.24, 2.45) is 5.16 Å². The Morgan fingerprint density at radius 2 is 1.91 bits per heavy atom. The molecular weight excluding hydrogens is 648 g/mol. The monoisotopic (exact) mass is 682 g/mol. The summed E-state index contributed by atoms with van der Waals surface area (Å²) >= 11 is 1.02. The number of nitrogens with zero attached hydrogens (tertiary/aromatic N) is 3. The van der Waals surface area contributed by atoms with E-state index in [0.717, 1.165) is 37.3 Å². The van der Waals surface area contributed by atoms with E-state index in [1.54, 1.807) is 31.2 Å². The number of hydroxylamine groups is 2. The summed E-state index contributed by atoms with van der Waals surface area (Å²) in [6.45, 7) is 5.54. The number of amidine groups is 1. The lowest BCUT2D eigenvalue weighted by Gasteiger charge is -2.50. The van der Waals surface area contributed by atoms with Gasteiger partial charge in [0.1, 0.15) is 29.9 Å². The maximum absolute atomic E-state index is 13.3. The fourth-order valence-corrected chi connectivity index (χ4v) is 5.80. The lowest BCUT2D eigenvalue weighted by Crippen LogP contribution is -2.76. The van der Waals surface area contributed by atoms with Crippen LogP contribution in [0, 0.1) is 12.3 Å². The number of carbonyl (C=O) groups excluding carboxylic acids is 2. The molecule has 0 radical (unpaired) electrons. The molecule has 0 saturated carbocycles. The van der Waals surface area contributed by atoms with E-state index < -0.39 is 58.2 Å². The molecule has 3 heterocycles. The van der Waals surface area contributed by atoms with Crippen LogP contribution in [-0.2, 0) is 33.9 Å². The zero-order chi connectivity index (χ0) is 33.8. The molecule has 18 nitrogen and oxygen atoms in total. The lowest BCUT2D eigenvalue weighted by molar-refractivity contribution is -0.218. The van der Waals surface area contributed by atoms with Crippen LogP contribution in [0.2, 0.25) is 0 Å². The third kappa shape index (κ3) is 8.26. The third-order valence-electron chi connectivity index (χ3n) is 7.15. The normalized spacial score (nSPS) is 19.1. The first-order chi connectivity index (χ1) is 21.6. The molecule has 8 N–H and O–H groups in total. The van der Waals surface area contributed by atoms with Gasteiger partial charge in [0.2, 0.25) is 0 Å². The number of aliphatic carboxylic acids is 1. The van der Waals surface area contributed by atoms with Gasteiger partial charge >= 0.3 is 16.4 Å². The summed E-state index contributed by atoms with van der Waals surface area (Å²) < 4.78 is 41.0. The van der Waals surface area contributed by atoms with Gasteiger partial charge in [-0.1, -0.05) is 5.16 Å². The summed E-state index contributed by atoms with van der Waals surface area (Å²) in [5, 5.41) is 31.1. The van der Waals surface area contributed by atoms with Crippen LogP contribution in [0.4, 0.5) is 5.13 Å². The molecule has 2 aliphatic rings. The minimum Gasteiger partial charge on any atom is -0.489 e. The number of anilines is 1. The molecule has 2 saturated heterocycles. The van der Waals surface area contributed by atoms with Crippen molar-refractivity contribution in [1.29, 1.82) is 5.41 Å². The van der Waals surface area contributed by atoms with E-state index in [-0.39, 0.29) is 22.7 Å². The van der Waals surface area contributed by atoms with Gasteiger partial charge in [0.05, 0.1) is 5.54 Å². The highest BCUT2D eigenvalue weighted by Crippen LogP contribution is 2.33. The van der Waals surface area contributed by atoms with E-state index in [9.17, 15) is 27.9 Å². The van der Waals surface area contributed by atoms with Gasteiger partial charge in [-0.15, -0.1) is 15.6 Å². The first-order valence-electron chi connectivity index (χ1n) is 13.9. The first kappa shape index (κ1) is 34.5. The molecule has 250 valence electrons. The van der Waals surface area contributed by atoms with Crippen molar-refractivity contribution in [1.82, 2.24) is 26.0 Å². The maximum atomic E-state index is 13.3. The molecule has 0 spiro atoms. The number of hydrogen-bond donors (Lipinski definition) is 7. The average molecular weight is 683 g/mol. The summed E-state index contributed by atoms with van der Waals surface area (Å²) in [5.74, 6) is -2.93. The summed E-state index contributed by atoms with van der Waals surface area (Å²) in [4.78, 5) is 47.5. The molecule has 2 atom stereocenters. The number of thiazole rings is 1. The SMILES string of the molecule is Cc1sc(N)nc1/C(=N/O[C@@H](COc1ccc(C(=N)NC2CCNCC2)cc1)C(=O)O)C(=O)N[C@@H]1C(=O)N(OS(=O)(=O)O)C1(C)C. The number of carboxylic acid groups (broad SMARTS) is 1. The van der Waals surface area contributed by atoms with E-state index in [1.807, 2.05) is 0 Å². The Morgan fingerprint density at radius 3 is 2.46 bits per heavy atom. The number of benzene rings is 1. The molecule has 2 aromatic rings. The van der Waals surface area contributed by atoms with Crippen LogP contribution in [0.25, 0.3) is 0 Å². The number of nitrogens with one attached hydrogen (secondary N) is 4. The molecule has 0 unspecified atom stereocenters. The first-order valence-corrected chi connectivity index (χ1v) is 16.1. The number of nitrogen functional groups attached to an aromatic ring is 1. The number of β-lactam (4-membered cyclic amide) rings is 1. The van der Waals surface area contributed by atoms with E-state index in [4.69, 9.17) is 25.3 Å². The number of piperidine rings is 1. The second-order valence-electron chi connectivity index (χ2n) is 10.9. The predicted octanol–water partition coefficient (Wildman–Crippen LogP) is -0.206. The van der Waals surface area contributed by atoms with Crippen LogP contribution >= 0.6 is 11.3 Å². The predicted molar refractivity (Wildman–Crippen MR) is 164 cm³/mol. The van der Waals surface area contributed by atoms with Crippen LogP contribution in [0.1, 0.15) is 42.8 Å². The van der Waals surface area contributed by atoms with E-state index in [0.29, 0.717) is 21.3 Å². The van der Waals surface area contributed by atoms with Crippen molar-refractivity contribution in [2.45, 2.75) is 57.3 Å². The molecule has 4 rings (SSSR count). The molecule has 0 bridgehead atoms. The molecular formula is C26H34N8O10S2. The number of ether oxygens (including phenoxy) is 1. The van der Waals surface area contributed by atoms with Gasteiger partial charge in [0.15, 0.2) is 10.8 Å². The number of hydrogen-bond acceptors (Lipinski definition) is 14. The Labute approximate surface area is 267 Å². The second kappa shape index (κ2) is 14.0. The van der Waals surface area contributed by atoms with Gasteiger partial charge in [-0.25, -0.2) is 9.78 Å². The van der Waals surface area contributed by atoms with Gasteiger partial charge in [0.25, 0.3) is 17.9 Å². The van der Waals surface area contributed by atoms with Crippen LogP contribution in [-0.4, -0.2) is 101 Å². The highest BCUT2D eigenvalue weighted by atomic mass is 32.3. The lowest BCUT2D eigenvalue weighted by atomic mass is 9.84. The quantitative estimate of drug-likeness (QED) is 0.0474. The summed E-state index contributed by atoms with van der Waals surface area (Å²) in [5.41, 5.74) is 4.41. The molecule has 46 heavy (non-hydrogen) atoms. The molecule has 1 aromatic heterocycles. The van der Waals surface area contributed by atoms with E-state index >= 15 is 0 Å². The topological polar surface area (TPSA) is 268 Å². The van der Waals surface area contributed by atoms with Crippen LogP contribution in [0.3, 0.4) is 0 Å². The molecule has 0 aliphatic carbocycles. The van der Waals surface area contributed by atoms with E-state index in [2.05, 4.69) is 30.4 Å². The Kier molecular flexibility index (Phi) is 10.5. The van der Waals surface area contributed by atoms with Crippen molar-refractivity contribution in [3.63, 3.8) is 0 Å². The third-order valence-corrected chi connectivity index (χ3v) is 8.29. The van der Waals surface area contributed by atoms with Gasteiger partial charge < -0.3 is 36.4 Å². The number of carbonyl (C=O) groups is 3. The number of aryl methyl sites for hydroxylation is 1. The summed E-state index contributed by atoms with van der Waals surface area (Å²) in [6, 6.07) is 5.32. The Balaban J connectivity index is 1.44. The van der Waals surface area contributed by atoms with Crippen molar-refractivity contribution in [2.75, 3.05) is 25.4 Å². The highest BCUT2D eigenvalue weighted by Gasteiger charge is 2.58. The largest absolute Gasteiger partial charge is 0.489 e. The summed E-state index contributed by atoms with van der Waals surface area (Å²) in [6.07, 6.45) is 0.116. The zero-order valence-electron chi connectivity index (χ0n) is 25.0. The number of nitrogens with two attached hydrogens (primary N) is 1. The van der Waals surface area contributed by atoms with Gasteiger partial charge in [0, 0.05) is 16.5 Å². The van der Waals surface area contributed by atoms with Crippen molar-refractivity contribution < 1.29 is 46.3 Å². The summed E-state index contributed by atoms with van der Waals surface area (Å²) in [7, 11) is -5.02. The number of amides is 2. The Hall–Kier alpha value is -4.37. The molecule has 20 heteroatoms. The Morgan fingerprint density at radius 1 is 1.26 bits per heavy atom. The number of oxime groups is 1. The van der Waals surface area contributed by atoms with Crippen molar-refractivity contribution >= 4 is 56.2 Å². The maximum Gasteiger partial charge on any atom is 0.418 e. The van der Waals surface area contributed by atoms with Crippen LogP contribution < -0.4 is 26.4 Å². The van der Waals surface area contributed by atoms with Crippen LogP contribution in [0.15, 0.2) is 29.4 Å². The number of aromatic nitrogens is 1. The smallest absolute Gasteiger partial charge is 0.418 e. The molecule has 2 fully saturated rings. The minimum atomic E-state index is -5.02. The molecule has 2 amide bonds. The average Bonchev–Trinajstić information content (AvgIpc) is 3.33. The second-order valence-corrected chi connectivity index (χ2v) is 13.1. The number of rotatable bonds is 13. The van der Waals surface area contributed by atoms with Gasteiger partial charge in [-0.05, 0) is 71.0 Å². The standard InChI is InChI=1S/C26H34N8O10S2/c1-13-18(31-25(28)45-13)19(22(35)32-20-23(36)34(26(20,2)3)44-46(39,40)41)33-43-17(24(37)38)12-42-16-6-4-14(5-7-16)21(27)30-15-8-10-29-11-9-15/h4-7,15,17,20,29H,8-12H2,1-3H3,(H2,27,30)(H2,28,31)(H,32,35)(H,37,38)(H,39,40,41)/b33-19-/t17-,20+/m0/s1. The minimum absolute atomic E-state index is 0.0446. The Bertz CT molecular complexity index is 1620. The fraction of sp³-hybridized carbons (Fsp3) is 0.462. The fourth-order valence-electron chi connectivity index (χ4n) is 4.65. The highest BCUT2D eigenvalue weighted by molar-refractivity contribution is 7.80. The van der Waals surface area contributed by atoms with Crippen molar-refractivity contribution in [3.05, 3.63) is 40.4 Å². The van der Waals surface area contributed by atoms with Crippen LogP contribution in [0.5, 0.6) is 5.75 Å². The van der Waals surface area contributed by atoms with E-state index in [1.165, 1.54) is 13.8 Å². The van der Waals surface area contributed by atoms with Gasteiger partial charge in [-0.3, -0.25) is 19.6 Å². The molecule has 2 aliphatic heterocycles. The van der Waals surface area contributed by atoms with Crippen molar-refractivity contribution in [3.8, 4) is 5.75 Å². The zero-order valence-corrected chi connectivity index (χ0v) is 26.6. The number of carboxylic acids is 1. The molecule has 1 aromatic carbocycles.